The number of ether oxygens (including phenoxy) is 2. The lowest BCUT2D eigenvalue weighted by atomic mass is 9.46. The number of rotatable bonds is 7. The van der Waals surface area contributed by atoms with Crippen molar-refractivity contribution in [2.45, 2.75) is 102 Å². The number of nitrogens with zero attached hydrogens (tertiary/aromatic N) is 2. The van der Waals surface area contributed by atoms with Crippen LogP contribution in [-0.2, 0) is 25.6 Å². The summed E-state index contributed by atoms with van der Waals surface area (Å²) in [5, 5.41) is 12.8. The zero-order valence-corrected chi connectivity index (χ0v) is 25.9. The van der Waals surface area contributed by atoms with Crippen molar-refractivity contribution in [1.82, 2.24) is 9.55 Å². The third-order valence-corrected chi connectivity index (χ3v) is 12.5. The van der Waals surface area contributed by atoms with E-state index in [1.54, 1.807) is 12.2 Å². The SMILES string of the molecule is CCC[C@@H]1O[C@@H]2CC3C4CCC5=CC(=O)C=CC5(C)C4[C@@H](O)CC3(C)[C@]2(C(=O)CSc2nc3ccccc3n2CC)O1. The summed E-state index contributed by atoms with van der Waals surface area (Å²) < 4.78 is 15.6. The van der Waals surface area contributed by atoms with Gasteiger partial charge in [-0.3, -0.25) is 9.59 Å². The highest BCUT2D eigenvalue weighted by Gasteiger charge is 2.75. The second-order valence-corrected chi connectivity index (χ2v) is 14.4. The van der Waals surface area contributed by atoms with Crippen LogP contribution < -0.4 is 0 Å². The number of thioether (sulfide) groups is 1. The molecule has 1 aromatic carbocycles. The van der Waals surface area contributed by atoms with Crippen molar-refractivity contribution < 1.29 is 24.2 Å². The zero-order valence-electron chi connectivity index (χ0n) is 25.0. The minimum Gasteiger partial charge on any atom is -0.393 e. The Hall–Kier alpha value is -2.26. The zero-order chi connectivity index (χ0) is 29.4. The Morgan fingerprint density at radius 2 is 2.05 bits per heavy atom. The van der Waals surface area contributed by atoms with Gasteiger partial charge in [-0.15, -0.1) is 0 Å². The fourth-order valence-corrected chi connectivity index (χ4v) is 10.7. The first-order valence-electron chi connectivity index (χ1n) is 15.7. The van der Waals surface area contributed by atoms with Crippen molar-refractivity contribution in [3.63, 3.8) is 0 Å². The minimum atomic E-state index is -1.10. The van der Waals surface area contributed by atoms with Crippen molar-refractivity contribution >= 4 is 34.4 Å². The topological polar surface area (TPSA) is 90.7 Å². The molecule has 0 bridgehead atoms. The number of Topliss-reactive ketones (excluding diaryl/α,β-unsaturated/α-hetero) is 1. The lowest BCUT2D eigenvalue weighted by Crippen LogP contribution is -2.63. The van der Waals surface area contributed by atoms with Gasteiger partial charge in [0.25, 0.3) is 0 Å². The minimum absolute atomic E-state index is 0.00354. The number of fused-ring (bicyclic) bond motifs is 8. The van der Waals surface area contributed by atoms with E-state index in [9.17, 15) is 14.7 Å². The van der Waals surface area contributed by atoms with Crippen molar-refractivity contribution in [2.75, 3.05) is 5.75 Å². The summed E-state index contributed by atoms with van der Waals surface area (Å²) in [6.45, 7) is 9.35. The van der Waals surface area contributed by atoms with E-state index in [1.807, 2.05) is 24.3 Å². The molecule has 1 aromatic heterocycles. The fourth-order valence-electron chi connectivity index (χ4n) is 9.71. The van der Waals surface area contributed by atoms with E-state index < -0.39 is 23.4 Å². The summed E-state index contributed by atoms with van der Waals surface area (Å²) in [6, 6.07) is 8.09. The van der Waals surface area contributed by atoms with Crippen LogP contribution in [0.15, 0.2) is 53.2 Å². The Bertz CT molecular complexity index is 1500. The van der Waals surface area contributed by atoms with Gasteiger partial charge < -0.3 is 19.1 Å². The number of hydrogen-bond acceptors (Lipinski definition) is 7. The van der Waals surface area contributed by atoms with E-state index in [0.717, 1.165) is 60.4 Å². The van der Waals surface area contributed by atoms with Gasteiger partial charge in [0.15, 0.2) is 28.6 Å². The normalized spacial score (nSPS) is 40.4. The Morgan fingerprint density at radius 1 is 1.24 bits per heavy atom. The number of allylic oxidation sites excluding steroid dienone is 4. The molecule has 1 aliphatic heterocycles. The van der Waals surface area contributed by atoms with Gasteiger partial charge in [-0.25, -0.2) is 4.98 Å². The molecule has 4 aliphatic carbocycles. The Labute approximate surface area is 252 Å². The number of para-hydroxylation sites is 2. The first-order chi connectivity index (χ1) is 20.2. The van der Waals surface area contributed by atoms with Crippen LogP contribution in [-0.4, -0.2) is 56.1 Å². The van der Waals surface area contributed by atoms with Crippen LogP contribution in [0.3, 0.4) is 0 Å². The molecule has 2 aromatic rings. The molecule has 8 heteroatoms. The van der Waals surface area contributed by atoms with Gasteiger partial charge in [-0.05, 0) is 75.1 Å². The number of aliphatic hydroxyl groups is 1. The highest BCUT2D eigenvalue weighted by molar-refractivity contribution is 7.99. The number of benzene rings is 1. The molecule has 7 nitrogen and oxygen atoms in total. The van der Waals surface area contributed by atoms with Crippen molar-refractivity contribution in [2.24, 2.45) is 28.6 Å². The molecule has 3 saturated carbocycles. The molecular weight excluding hydrogens is 548 g/mol. The lowest BCUT2D eigenvalue weighted by Gasteiger charge is -2.59. The van der Waals surface area contributed by atoms with Gasteiger partial charge in [-0.2, -0.15) is 0 Å². The van der Waals surface area contributed by atoms with Crippen LogP contribution in [0.1, 0.15) is 66.2 Å². The molecule has 9 atom stereocenters. The van der Waals surface area contributed by atoms with E-state index in [-0.39, 0.29) is 46.6 Å². The van der Waals surface area contributed by atoms with E-state index in [1.165, 1.54) is 11.8 Å². The number of carbonyl (C=O) groups is 2. The van der Waals surface area contributed by atoms with E-state index >= 15 is 0 Å². The van der Waals surface area contributed by atoms with Gasteiger partial charge in [0.05, 0.1) is 29.0 Å². The maximum Gasteiger partial charge on any atom is 0.178 e. The van der Waals surface area contributed by atoms with Crippen molar-refractivity contribution in [3.05, 3.63) is 48.1 Å². The van der Waals surface area contributed by atoms with Gasteiger partial charge in [0, 0.05) is 23.3 Å². The van der Waals surface area contributed by atoms with Crippen LogP contribution in [0.25, 0.3) is 11.0 Å². The average Bonchev–Trinajstić information content (AvgIpc) is 3.59. The number of aryl methyl sites for hydroxylation is 1. The highest BCUT2D eigenvalue weighted by atomic mass is 32.2. The van der Waals surface area contributed by atoms with Gasteiger partial charge in [0.1, 0.15) is 0 Å². The number of aliphatic hydroxyl groups excluding tert-OH is 1. The van der Waals surface area contributed by atoms with Crippen molar-refractivity contribution in [1.29, 1.82) is 0 Å². The molecule has 0 spiro atoms. The number of ketones is 2. The standard InChI is InChI=1S/C34H42N2O5S/c1-5-9-29-40-28-17-23-22-13-12-20-16-21(37)14-15-32(20,3)30(22)26(38)18-33(23,4)34(28,41-29)27(39)19-42-31-35-24-10-7-8-11-25(24)36(31)6-2/h7-8,10-11,14-16,22-23,26,28-30,38H,5-6,9,12-13,17-19H2,1-4H3/t22?,23?,26-,28+,29+,30?,32?,33?,34+/m0/s1. The van der Waals surface area contributed by atoms with Crippen LogP contribution in [0.2, 0.25) is 0 Å². The molecule has 4 fully saturated rings. The number of carbonyl (C=O) groups excluding carboxylic acids is 2. The predicted molar refractivity (Wildman–Crippen MR) is 162 cm³/mol. The average molecular weight is 591 g/mol. The summed E-state index contributed by atoms with van der Waals surface area (Å²) >= 11 is 1.48. The van der Waals surface area contributed by atoms with Crippen LogP contribution in [0, 0.1) is 28.6 Å². The summed E-state index contributed by atoms with van der Waals surface area (Å²) in [5.74, 6) is 0.710. The van der Waals surface area contributed by atoms with E-state index in [2.05, 4.69) is 38.3 Å². The smallest absolute Gasteiger partial charge is 0.178 e. The molecule has 224 valence electrons. The second-order valence-electron chi connectivity index (χ2n) is 13.5. The molecule has 2 heterocycles. The number of aromatic nitrogens is 2. The second kappa shape index (κ2) is 10.1. The quantitative estimate of drug-likeness (QED) is 0.403. The molecule has 0 amide bonds. The summed E-state index contributed by atoms with van der Waals surface area (Å²) in [6.07, 6.45) is 8.75. The first kappa shape index (κ1) is 28.5. The first-order valence-corrected chi connectivity index (χ1v) is 16.7. The monoisotopic (exact) mass is 590 g/mol. The highest BCUT2D eigenvalue weighted by Crippen LogP contribution is 2.69. The largest absolute Gasteiger partial charge is 0.393 e. The maximum absolute atomic E-state index is 14.6. The van der Waals surface area contributed by atoms with Crippen LogP contribution in [0.4, 0.5) is 0 Å². The summed E-state index contributed by atoms with van der Waals surface area (Å²) in [5.41, 5.74) is 1.12. The molecule has 0 radical (unpaired) electrons. The molecule has 1 saturated heterocycles. The molecule has 1 N–H and O–H groups in total. The van der Waals surface area contributed by atoms with Gasteiger partial charge >= 0.3 is 0 Å². The van der Waals surface area contributed by atoms with Crippen molar-refractivity contribution in [3.8, 4) is 0 Å². The van der Waals surface area contributed by atoms with Crippen LogP contribution >= 0.6 is 11.8 Å². The summed E-state index contributed by atoms with van der Waals surface area (Å²) in [4.78, 5) is 31.7. The maximum atomic E-state index is 14.6. The number of imidazole rings is 1. The Morgan fingerprint density at radius 3 is 2.83 bits per heavy atom. The fraction of sp³-hybridized carbons (Fsp3) is 0.618. The Balaban J connectivity index is 1.23. The Kier molecular flexibility index (Phi) is 6.89. The lowest BCUT2D eigenvalue weighted by molar-refractivity contribution is -0.197. The predicted octanol–water partition coefficient (Wildman–Crippen LogP) is 5.89. The van der Waals surface area contributed by atoms with Crippen LogP contribution in [0.5, 0.6) is 0 Å². The third-order valence-electron chi connectivity index (χ3n) is 11.5. The molecule has 7 rings (SSSR count). The van der Waals surface area contributed by atoms with Gasteiger partial charge in [-0.1, -0.05) is 62.7 Å². The van der Waals surface area contributed by atoms with Gasteiger partial charge in [0.2, 0.25) is 0 Å². The molecule has 5 unspecified atom stereocenters. The molecular formula is C34H42N2O5S. The van der Waals surface area contributed by atoms with E-state index in [0.29, 0.717) is 6.42 Å². The molecule has 42 heavy (non-hydrogen) atoms. The third kappa shape index (κ3) is 3.87. The number of hydrogen-bond donors (Lipinski definition) is 1. The summed E-state index contributed by atoms with van der Waals surface area (Å²) in [7, 11) is 0. The molecule has 5 aliphatic rings. The van der Waals surface area contributed by atoms with E-state index in [4.69, 9.17) is 14.5 Å².